The first-order valence-electron chi connectivity index (χ1n) is 7.58. The van der Waals surface area contributed by atoms with E-state index in [1.165, 1.54) is 0 Å². The number of likely N-dealkylation sites (N-methyl/N-ethyl adjacent to an activating group) is 1. The van der Waals surface area contributed by atoms with Crippen LogP contribution >= 0.6 is 0 Å². The Morgan fingerprint density at radius 3 is 2.35 bits per heavy atom. The van der Waals surface area contributed by atoms with Gasteiger partial charge >= 0.3 is 0 Å². The van der Waals surface area contributed by atoms with E-state index in [1.807, 2.05) is 38.4 Å². The summed E-state index contributed by atoms with van der Waals surface area (Å²) in [6.07, 6.45) is 0. The van der Waals surface area contributed by atoms with Crippen LogP contribution in [0.5, 0.6) is 17.2 Å². The topological polar surface area (TPSA) is 46.7 Å². The molecule has 0 saturated carbocycles. The average molecular weight is 314 g/mol. The highest BCUT2D eigenvalue weighted by Crippen LogP contribution is 2.40. The Morgan fingerprint density at radius 2 is 1.65 bits per heavy atom. The molecule has 5 heteroatoms. The molecule has 2 aromatic carbocycles. The SMILES string of the molecule is COc1ccc(OC)c2c1[nH]c1c(OCCN(C)C)cccc12. The summed E-state index contributed by atoms with van der Waals surface area (Å²) >= 11 is 0. The molecular formula is C18H22N2O3. The number of fused-ring (bicyclic) bond motifs is 3. The first-order valence-corrected chi connectivity index (χ1v) is 7.58. The van der Waals surface area contributed by atoms with E-state index in [2.05, 4.69) is 16.0 Å². The van der Waals surface area contributed by atoms with Gasteiger partial charge in [0, 0.05) is 11.9 Å². The maximum absolute atomic E-state index is 5.95. The van der Waals surface area contributed by atoms with Gasteiger partial charge in [-0.1, -0.05) is 12.1 Å². The Morgan fingerprint density at radius 1 is 0.913 bits per heavy atom. The lowest BCUT2D eigenvalue weighted by atomic mass is 10.1. The van der Waals surface area contributed by atoms with Crippen molar-refractivity contribution in [3.63, 3.8) is 0 Å². The molecule has 0 aliphatic carbocycles. The molecule has 122 valence electrons. The number of aromatic nitrogens is 1. The van der Waals surface area contributed by atoms with Crippen molar-refractivity contribution < 1.29 is 14.2 Å². The molecule has 1 heterocycles. The smallest absolute Gasteiger partial charge is 0.143 e. The molecule has 0 bridgehead atoms. The fourth-order valence-corrected chi connectivity index (χ4v) is 2.75. The van der Waals surface area contributed by atoms with Crippen LogP contribution in [0.1, 0.15) is 0 Å². The zero-order chi connectivity index (χ0) is 16.4. The zero-order valence-electron chi connectivity index (χ0n) is 14.0. The highest BCUT2D eigenvalue weighted by molar-refractivity contribution is 6.13. The number of para-hydroxylation sites is 1. The van der Waals surface area contributed by atoms with Crippen LogP contribution in [0.3, 0.4) is 0 Å². The molecule has 3 rings (SSSR count). The molecule has 5 nitrogen and oxygen atoms in total. The van der Waals surface area contributed by atoms with Gasteiger partial charge in [-0.2, -0.15) is 0 Å². The predicted molar refractivity (Wildman–Crippen MR) is 93.0 cm³/mol. The lowest BCUT2D eigenvalue weighted by molar-refractivity contribution is 0.263. The molecule has 1 N–H and O–H groups in total. The largest absolute Gasteiger partial charge is 0.496 e. The van der Waals surface area contributed by atoms with Gasteiger partial charge in [0.15, 0.2) is 0 Å². The third-order valence-corrected chi connectivity index (χ3v) is 3.91. The van der Waals surface area contributed by atoms with Gasteiger partial charge in [-0.05, 0) is 32.3 Å². The zero-order valence-corrected chi connectivity index (χ0v) is 14.0. The van der Waals surface area contributed by atoms with Gasteiger partial charge in [0.05, 0.1) is 30.6 Å². The van der Waals surface area contributed by atoms with Crippen molar-refractivity contribution in [3.05, 3.63) is 30.3 Å². The van der Waals surface area contributed by atoms with Gasteiger partial charge in [-0.15, -0.1) is 0 Å². The Kier molecular flexibility index (Phi) is 4.30. The van der Waals surface area contributed by atoms with Gasteiger partial charge in [0.25, 0.3) is 0 Å². The summed E-state index contributed by atoms with van der Waals surface area (Å²) in [7, 11) is 7.41. The van der Waals surface area contributed by atoms with E-state index in [1.54, 1.807) is 14.2 Å². The fraction of sp³-hybridized carbons (Fsp3) is 0.333. The fourth-order valence-electron chi connectivity index (χ4n) is 2.75. The van der Waals surface area contributed by atoms with Crippen molar-refractivity contribution >= 4 is 21.8 Å². The van der Waals surface area contributed by atoms with E-state index in [0.29, 0.717) is 6.61 Å². The van der Waals surface area contributed by atoms with Gasteiger partial charge in [0.2, 0.25) is 0 Å². The summed E-state index contributed by atoms with van der Waals surface area (Å²) in [5.41, 5.74) is 1.88. The second kappa shape index (κ2) is 6.38. The highest BCUT2D eigenvalue weighted by atomic mass is 16.5. The molecule has 0 spiro atoms. The molecule has 23 heavy (non-hydrogen) atoms. The molecule has 0 fully saturated rings. The summed E-state index contributed by atoms with van der Waals surface area (Å²) in [4.78, 5) is 5.53. The van der Waals surface area contributed by atoms with E-state index in [9.17, 15) is 0 Å². The van der Waals surface area contributed by atoms with Crippen molar-refractivity contribution in [2.75, 3.05) is 41.5 Å². The van der Waals surface area contributed by atoms with Crippen molar-refractivity contribution in [1.82, 2.24) is 9.88 Å². The Balaban J connectivity index is 2.14. The maximum atomic E-state index is 5.95. The minimum atomic E-state index is 0.635. The quantitative estimate of drug-likeness (QED) is 0.758. The Bertz CT molecular complexity index is 824. The van der Waals surface area contributed by atoms with E-state index in [-0.39, 0.29) is 0 Å². The number of methoxy groups -OCH3 is 2. The summed E-state index contributed by atoms with van der Waals surface area (Å²) in [5.74, 6) is 2.44. The number of rotatable bonds is 6. The number of benzene rings is 2. The average Bonchev–Trinajstić information content (AvgIpc) is 2.94. The Labute approximate surface area is 135 Å². The first kappa shape index (κ1) is 15.5. The van der Waals surface area contributed by atoms with Crippen LogP contribution in [0, 0.1) is 0 Å². The summed E-state index contributed by atoms with van der Waals surface area (Å²) in [5, 5.41) is 2.08. The molecule has 0 amide bonds. The number of H-pyrrole nitrogens is 1. The van der Waals surface area contributed by atoms with Crippen molar-refractivity contribution in [1.29, 1.82) is 0 Å². The van der Waals surface area contributed by atoms with Gasteiger partial charge in [-0.25, -0.2) is 0 Å². The number of ether oxygens (including phenoxy) is 3. The lowest BCUT2D eigenvalue weighted by Crippen LogP contribution is -2.19. The summed E-state index contributed by atoms with van der Waals surface area (Å²) < 4.78 is 16.9. The summed E-state index contributed by atoms with van der Waals surface area (Å²) in [6, 6.07) is 9.87. The van der Waals surface area contributed by atoms with Crippen LogP contribution in [0.2, 0.25) is 0 Å². The highest BCUT2D eigenvalue weighted by Gasteiger charge is 2.16. The lowest BCUT2D eigenvalue weighted by Gasteiger charge is -2.11. The molecular weight excluding hydrogens is 292 g/mol. The van der Waals surface area contributed by atoms with Crippen LogP contribution < -0.4 is 14.2 Å². The van der Waals surface area contributed by atoms with Gasteiger partial charge < -0.3 is 24.1 Å². The van der Waals surface area contributed by atoms with Gasteiger partial charge in [0.1, 0.15) is 23.9 Å². The molecule has 0 aliphatic rings. The summed E-state index contributed by atoms with van der Waals surface area (Å²) in [6.45, 7) is 1.50. The maximum Gasteiger partial charge on any atom is 0.143 e. The third kappa shape index (κ3) is 2.80. The monoisotopic (exact) mass is 314 g/mol. The van der Waals surface area contributed by atoms with E-state index >= 15 is 0 Å². The second-order valence-corrected chi connectivity index (χ2v) is 5.68. The van der Waals surface area contributed by atoms with Crippen molar-refractivity contribution in [3.8, 4) is 17.2 Å². The van der Waals surface area contributed by atoms with Crippen molar-refractivity contribution in [2.45, 2.75) is 0 Å². The first-order chi connectivity index (χ1) is 11.2. The van der Waals surface area contributed by atoms with Crippen LogP contribution in [0.15, 0.2) is 30.3 Å². The number of hydrogen-bond acceptors (Lipinski definition) is 4. The molecule has 0 saturated heterocycles. The molecule has 0 aliphatic heterocycles. The number of hydrogen-bond donors (Lipinski definition) is 1. The van der Waals surface area contributed by atoms with Crippen LogP contribution in [0.4, 0.5) is 0 Å². The molecule has 0 atom stereocenters. The van der Waals surface area contributed by atoms with Crippen molar-refractivity contribution in [2.24, 2.45) is 0 Å². The second-order valence-electron chi connectivity index (χ2n) is 5.68. The number of aromatic amines is 1. The minimum Gasteiger partial charge on any atom is -0.496 e. The number of nitrogens with zero attached hydrogens (tertiary/aromatic N) is 1. The van der Waals surface area contributed by atoms with E-state index < -0.39 is 0 Å². The molecule has 1 aromatic heterocycles. The minimum absolute atomic E-state index is 0.635. The molecule has 0 radical (unpaired) electrons. The van der Waals surface area contributed by atoms with E-state index in [4.69, 9.17) is 14.2 Å². The van der Waals surface area contributed by atoms with Gasteiger partial charge in [-0.3, -0.25) is 0 Å². The van der Waals surface area contributed by atoms with Crippen LogP contribution in [-0.4, -0.2) is 51.4 Å². The van der Waals surface area contributed by atoms with Crippen LogP contribution in [0.25, 0.3) is 21.8 Å². The third-order valence-electron chi connectivity index (χ3n) is 3.91. The van der Waals surface area contributed by atoms with Crippen LogP contribution in [-0.2, 0) is 0 Å². The normalized spacial score (nSPS) is 11.3. The molecule has 0 unspecified atom stereocenters. The standard InChI is InChI=1S/C18H22N2O3/c1-20(2)10-11-23-15-7-5-6-12-16-13(21-3)8-9-14(22-4)18(16)19-17(12)15/h5-9,19H,10-11H2,1-4H3. The van der Waals surface area contributed by atoms with E-state index in [0.717, 1.165) is 45.6 Å². The Hall–Kier alpha value is -2.40. The predicted octanol–water partition coefficient (Wildman–Crippen LogP) is 3.28. The number of nitrogens with one attached hydrogen (secondary N) is 1. The molecule has 3 aromatic rings.